The smallest absolute Gasteiger partial charge is 0.370 e. The van der Waals surface area contributed by atoms with Crippen LogP contribution in [0.4, 0.5) is 0 Å². The minimum absolute atomic E-state index is 0. The molecular weight excluding hydrogens is 629 g/mol. The van der Waals surface area contributed by atoms with Gasteiger partial charge in [0.25, 0.3) is 0 Å². The maximum absolute atomic E-state index is 4.35. The van der Waals surface area contributed by atoms with Crippen molar-refractivity contribution >= 4 is 0 Å². The zero-order valence-corrected chi connectivity index (χ0v) is 22.9. The Kier molecular flexibility index (Phi) is 8.04. The molecule has 1 saturated carbocycles. The molecule has 2 bridgehead atoms. The van der Waals surface area contributed by atoms with Gasteiger partial charge in [-0.25, -0.2) is 11.1 Å². The summed E-state index contributed by atoms with van der Waals surface area (Å²) in [4.78, 5) is 8.57. The van der Waals surface area contributed by atoms with Crippen molar-refractivity contribution in [3.05, 3.63) is 133 Å². The van der Waals surface area contributed by atoms with E-state index < -0.39 is 0 Å². The summed E-state index contributed by atoms with van der Waals surface area (Å²) in [7, 11) is 0. The predicted octanol–water partition coefficient (Wildman–Crippen LogP) is 8.32. The summed E-state index contributed by atoms with van der Waals surface area (Å²) in [6.45, 7) is 0. The number of fused-ring (bicyclic) bond motifs is 2. The fraction of sp³-hybridized carbons (Fsp3) is 0.176. The molecule has 0 aliphatic heterocycles. The minimum atomic E-state index is 0. The molecule has 0 saturated heterocycles. The van der Waals surface area contributed by atoms with Gasteiger partial charge in [0.2, 0.25) is 0 Å². The van der Waals surface area contributed by atoms with E-state index in [0.717, 1.165) is 39.8 Å². The molecule has 0 amide bonds. The summed E-state index contributed by atoms with van der Waals surface area (Å²) in [6, 6.07) is 37.5. The van der Waals surface area contributed by atoms with E-state index in [1.165, 1.54) is 31.2 Å². The van der Waals surface area contributed by atoms with Crippen LogP contribution in [0, 0.1) is 18.3 Å². The number of hydrogen-bond donors (Lipinski definition) is 0. The topological polar surface area (TPSA) is 25.8 Å². The van der Waals surface area contributed by atoms with Crippen molar-refractivity contribution < 1.29 is 20.1 Å². The molecular formula is C34H27IrN2. The van der Waals surface area contributed by atoms with E-state index in [1.54, 1.807) is 17.3 Å². The molecule has 2 aromatic heterocycles. The summed E-state index contributed by atoms with van der Waals surface area (Å²) in [5, 5.41) is 0. The van der Waals surface area contributed by atoms with Crippen molar-refractivity contribution in [3.63, 3.8) is 0 Å². The molecule has 0 unspecified atom stereocenters. The maximum Gasteiger partial charge on any atom is 3.00 e. The van der Waals surface area contributed by atoms with Crippen LogP contribution in [0.1, 0.15) is 48.6 Å². The Hall–Kier alpha value is -3.39. The predicted molar refractivity (Wildman–Crippen MR) is 145 cm³/mol. The summed E-state index contributed by atoms with van der Waals surface area (Å²) in [5.74, 6) is 1.52. The third-order valence-corrected chi connectivity index (χ3v) is 7.36. The molecule has 0 radical (unpaired) electrons. The van der Waals surface area contributed by atoms with Gasteiger partial charge in [-0.05, 0) is 36.1 Å². The third kappa shape index (κ3) is 5.64. The molecule has 2 nitrogen and oxygen atoms in total. The van der Waals surface area contributed by atoms with E-state index in [-0.39, 0.29) is 20.1 Å². The number of hydrogen-bond acceptors (Lipinski definition) is 2. The van der Waals surface area contributed by atoms with Crippen LogP contribution in [0.2, 0.25) is 0 Å². The first-order chi connectivity index (χ1) is 17.8. The van der Waals surface area contributed by atoms with Crippen LogP contribution in [0.5, 0.6) is 0 Å². The van der Waals surface area contributed by atoms with Gasteiger partial charge in [-0.2, -0.15) is 24.3 Å². The van der Waals surface area contributed by atoms with Gasteiger partial charge in [0, 0.05) is 6.20 Å². The van der Waals surface area contributed by atoms with Crippen molar-refractivity contribution in [2.24, 2.45) is 0 Å². The van der Waals surface area contributed by atoms with Crippen molar-refractivity contribution in [1.29, 1.82) is 0 Å². The maximum atomic E-state index is 4.35. The van der Waals surface area contributed by atoms with Gasteiger partial charge in [0.1, 0.15) is 0 Å². The summed E-state index contributed by atoms with van der Waals surface area (Å²) in [5.41, 5.74) is 9.62. The van der Waals surface area contributed by atoms with E-state index in [1.807, 2.05) is 54.7 Å². The van der Waals surface area contributed by atoms with Crippen molar-refractivity contribution in [2.75, 3.05) is 0 Å². The molecule has 3 heteroatoms. The van der Waals surface area contributed by atoms with Crippen LogP contribution in [-0.2, 0) is 20.1 Å². The van der Waals surface area contributed by atoms with Gasteiger partial charge >= 0.3 is 20.1 Å². The average Bonchev–Trinajstić information content (AvgIpc) is 2.99. The second kappa shape index (κ2) is 11.8. The Morgan fingerprint density at radius 1 is 0.649 bits per heavy atom. The van der Waals surface area contributed by atoms with E-state index in [4.69, 9.17) is 0 Å². The Morgan fingerprint density at radius 2 is 1.41 bits per heavy atom. The molecule has 0 N–H and O–H groups in total. The average molecular weight is 656 g/mol. The standard InChI is InChI=1S/C23H19N.C11H8N.Ir/c1-2-4-16(5-3-1)20-12-21(15-24-14-20)19-10-11-22-17-6-8-18(9-7-17)23(22)13-19;1-2-6-10(7-3-1)11-8-4-5-9-12-11;/h1-5,11-14,17-18H,6-9H2;1-6,8-9H;/q-2;-1;+3. The molecule has 3 aliphatic carbocycles. The van der Waals surface area contributed by atoms with Crippen LogP contribution >= 0.6 is 0 Å². The zero-order valence-electron chi connectivity index (χ0n) is 20.5. The van der Waals surface area contributed by atoms with Crippen molar-refractivity contribution in [1.82, 2.24) is 9.97 Å². The molecule has 5 aromatic rings. The van der Waals surface area contributed by atoms with Gasteiger partial charge in [-0.15, -0.1) is 47.0 Å². The van der Waals surface area contributed by atoms with E-state index >= 15 is 0 Å². The molecule has 37 heavy (non-hydrogen) atoms. The molecule has 182 valence electrons. The first-order valence-corrected chi connectivity index (χ1v) is 12.7. The Bertz CT molecular complexity index is 1390. The van der Waals surface area contributed by atoms with Gasteiger partial charge < -0.3 is 9.97 Å². The van der Waals surface area contributed by atoms with Gasteiger partial charge in [-0.3, -0.25) is 0 Å². The Balaban J connectivity index is 0.000000183. The van der Waals surface area contributed by atoms with Crippen LogP contribution in [-0.4, -0.2) is 9.97 Å². The Morgan fingerprint density at radius 3 is 2.14 bits per heavy atom. The summed E-state index contributed by atoms with van der Waals surface area (Å²) >= 11 is 0. The monoisotopic (exact) mass is 656 g/mol. The zero-order chi connectivity index (χ0) is 24.2. The van der Waals surface area contributed by atoms with Crippen molar-refractivity contribution in [3.8, 4) is 33.5 Å². The second-order valence-electron chi connectivity index (χ2n) is 9.55. The molecule has 3 aromatic carbocycles. The number of benzene rings is 3. The molecule has 0 spiro atoms. The number of pyridine rings is 2. The fourth-order valence-electron chi connectivity index (χ4n) is 5.49. The first kappa shape index (κ1) is 25.3. The van der Waals surface area contributed by atoms with Gasteiger partial charge in [0.05, 0.1) is 0 Å². The Labute approximate surface area is 233 Å². The third-order valence-electron chi connectivity index (χ3n) is 7.36. The first-order valence-electron chi connectivity index (χ1n) is 12.7. The second-order valence-corrected chi connectivity index (χ2v) is 9.55. The van der Waals surface area contributed by atoms with Gasteiger partial charge in [-0.1, -0.05) is 79.2 Å². The SMILES string of the molecule is [Ir+3].[c-]1ccccc1-c1ccccn1.[c-]1ncc(-c2ccccc2)cc1-c1[c-]cc2c(c1)C1CCC2CC1. The van der Waals surface area contributed by atoms with E-state index in [9.17, 15) is 0 Å². The van der Waals surface area contributed by atoms with Gasteiger partial charge in [0.15, 0.2) is 0 Å². The van der Waals surface area contributed by atoms with Crippen molar-refractivity contribution in [2.45, 2.75) is 37.5 Å². The summed E-state index contributed by atoms with van der Waals surface area (Å²) in [6.07, 6.45) is 12.3. The van der Waals surface area contributed by atoms with Crippen LogP contribution in [0.15, 0.2) is 103 Å². The fourth-order valence-corrected chi connectivity index (χ4v) is 5.49. The molecule has 3 aliphatic rings. The quantitative estimate of drug-likeness (QED) is 0.183. The summed E-state index contributed by atoms with van der Waals surface area (Å²) < 4.78 is 0. The van der Waals surface area contributed by atoms with E-state index in [0.29, 0.717) is 0 Å². The molecule has 1 fully saturated rings. The van der Waals surface area contributed by atoms with Crippen LogP contribution in [0.25, 0.3) is 33.5 Å². The van der Waals surface area contributed by atoms with E-state index in [2.05, 4.69) is 70.8 Å². The number of aromatic nitrogens is 2. The number of rotatable bonds is 3. The van der Waals surface area contributed by atoms with Crippen LogP contribution < -0.4 is 0 Å². The largest absolute Gasteiger partial charge is 3.00 e. The minimum Gasteiger partial charge on any atom is -0.370 e. The molecule has 0 atom stereocenters. The molecule has 8 rings (SSSR count). The molecule has 2 heterocycles. The normalized spacial score (nSPS) is 17.1. The number of nitrogens with zero attached hydrogens (tertiary/aromatic N) is 2. The van der Waals surface area contributed by atoms with Crippen LogP contribution in [0.3, 0.4) is 0 Å².